The summed E-state index contributed by atoms with van der Waals surface area (Å²) in [6.07, 6.45) is 1.86. The number of esters is 1. The van der Waals surface area contributed by atoms with Crippen LogP contribution in [0.4, 0.5) is 0 Å². The van der Waals surface area contributed by atoms with Crippen molar-refractivity contribution in [2.75, 3.05) is 19.8 Å². The Morgan fingerprint density at radius 1 is 1.23 bits per heavy atom. The summed E-state index contributed by atoms with van der Waals surface area (Å²) < 4.78 is 15.8. The van der Waals surface area contributed by atoms with Crippen LogP contribution in [-0.4, -0.2) is 31.7 Å². The SMILES string of the molecule is CCCCOc1c(Cl)cc(C(=O)OCC(N)=O)cc1OCC. The number of amides is 1. The molecule has 0 radical (unpaired) electrons. The average Bonchev–Trinajstić information content (AvgIpc) is 2.47. The zero-order valence-electron chi connectivity index (χ0n) is 12.7. The van der Waals surface area contributed by atoms with Crippen molar-refractivity contribution in [1.29, 1.82) is 0 Å². The van der Waals surface area contributed by atoms with Gasteiger partial charge in [0.1, 0.15) is 0 Å². The molecular formula is C15H20ClNO5. The van der Waals surface area contributed by atoms with Gasteiger partial charge in [0.05, 0.1) is 23.8 Å². The smallest absolute Gasteiger partial charge is 0.338 e. The fourth-order valence-corrected chi connectivity index (χ4v) is 1.89. The lowest BCUT2D eigenvalue weighted by Gasteiger charge is -2.14. The third-order valence-corrected chi connectivity index (χ3v) is 2.92. The monoisotopic (exact) mass is 329 g/mol. The maximum atomic E-state index is 11.8. The van der Waals surface area contributed by atoms with Crippen molar-refractivity contribution in [3.63, 3.8) is 0 Å². The lowest BCUT2D eigenvalue weighted by atomic mass is 10.2. The predicted octanol–water partition coefficient (Wildman–Crippen LogP) is 2.56. The third kappa shape index (κ3) is 5.44. The summed E-state index contributed by atoms with van der Waals surface area (Å²) >= 11 is 6.15. The molecule has 0 fully saturated rings. The zero-order chi connectivity index (χ0) is 16.5. The van der Waals surface area contributed by atoms with Gasteiger partial charge in [0, 0.05) is 0 Å². The van der Waals surface area contributed by atoms with Crippen molar-refractivity contribution in [1.82, 2.24) is 0 Å². The van der Waals surface area contributed by atoms with Gasteiger partial charge < -0.3 is 19.9 Å². The number of hydrogen-bond donors (Lipinski definition) is 1. The normalized spacial score (nSPS) is 10.1. The maximum Gasteiger partial charge on any atom is 0.338 e. The Labute approximate surface area is 134 Å². The Morgan fingerprint density at radius 2 is 1.95 bits per heavy atom. The molecule has 6 nitrogen and oxygen atoms in total. The topological polar surface area (TPSA) is 87.9 Å². The van der Waals surface area contributed by atoms with Crippen LogP contribution in [0.25, 0.3) is 0 Å². The molecule has 0 spiro atoms. The molecule has 2 N–H and O–H groups in total. The van der Waals surface area contributed by atoms with E-state index in [2.05, 4.69) is 0 Å². The lowest BCUT2D eigenvalue weighted by Crippen LogP contribution is -2.21. The molecule has 0 saturated carbocycles. The van der Waals surface area contributed by atoms with Crippen molar-refractivity contribution in [3.8, 4) is 11.5 Å². The van der Waals surface area contributed by atoms with Crippen LogP contribution in [0.1, 0.15) is 37.0 Å². The first kappa shape index (κ1) is 18.1. The van der Waals surface area contributed by atoms with Crippen LogP contribution >= 0.6 is 11.6 Å². The molecule has 0 bridgehead atoms. The minimum Gasteiger partial charge on any atom is -0.490 e. The third-order valence-electron chi connectivity index (χ3n) is 2.63. The molecule has 122 valence electrons. The van der Waals surface area contributed by atoms with E-state index in [9.17, 15) is 9.59 Å². The summed E-state index contributed by atoms with van der Waals surface area (Å²) in [5.74, 6) is -0.689. The number of unbranched alkanes of at least 4 members (excludes halogenated alkanes) is 1. The first-order chi connectivity index (χ1) is 10.5. The number of carbonyl (C=O) groups is 2. The number of primary amides is 1. The Hall–Kier alpha value is -1.95. The van der Waals surface area contributed by atoms with Gasteiger partial charge in [-0.05, 0) is 25.5 Å². The minimum absolute atomic E-state index is 0.164. The van der Waals surface area contributed by atoms with E-state index in [0.29, 0.717) is 24.7 Å². The van der Waals surface area contributed by atoms with Crippen LogP contribution in [0.15, 0.2) is 12.1 Å². The van der Waals surface area contributed by atoms with Crippen LogP contribution in [-0.2, 0) is 9.53 Å². The Balaban J connectivity index is 2.97. The van der Waals surface area contributed by atoms with Gasteiger partial charge in [-0.25, -0.2) is 4.79 Å². The molecule has 0 heterocycles. The van der Waals surface area contributed by atoms with Gasteiger partial charge in [-0.2, -0.15) is 0 Å². The number of rotatable bonds is 9. The van der Waals surface area contributed by atoms with Crippen molar-refractivity contribution in [2.45, 2.75) is 26.7 Å². The molecule has 22 heavy (non-hydrogen) atoms. The molecule has 0 aliphatic heterocycles. The van der Waals surface area contributed by atoms with Crippen LogP contribution in [0.2, 0.25) is 5.02 Å². The first-order valence-electron chi connectivity index (χ1n) is 7.04. The van der Waals surface area contributed by atoms with Gasteiger partial charge in [0.2, 0.25) is 0 Å². The standard InChI is InChI=1S/C15H20ClNO5/c1-3-5-6-21-14-11(16)7-10(8-12(14)20-4-2)15(19)22-9-13(17)18/h7-8H,3-6,9H2,1-2H3,(H2,17,18). The molecule has 1 aromatic rings. The Morgan fingerprint density at radius 3 is 2.55 bits per heavy atom. The van der Waals surface area contributed by atoms with Gasteiger partial charge in [-0.3, -0.25) is 4.79 Å². The first-order valence-corrected chi connectivity index (χ1v) is 7.41. The fourth-order valence-electron chi connectivity index (χ4n) is 1.63. The zero-order valence-corrected chi connectivity index (χ0v) is 13.4. The summed E-state index contributed by atoms with van der Waals surface area (Å²) in [7, 11) is 0. The summed E-state index contributed by atoms with van der Waals surface area (Å²) in [6, 6.07) is 2.88. The molecule has 1 aromatic carbocycles. The van der Waals surface area contributed by atoms with E-state index in [4.69, 9.17) is 31.5 Å². The molecule has 7 heteroatoms. The van der Waals surface area contributed by atoms with E-state index >= 15 is 0 Å². The van der Waals surface area contributed by atoms with E-state index in [-0.39, 0.29) is 10.6 Å². The van der Waals surface area contributed by atoms with E-state index in [1.54, 1.807) is 0 Å². The second-order valence-electron chi connectivity index (χ2n) is 4.46. The van der Waals surface area contributed by atoms with Gasteiger partial charge in [-0.1, -0.05) is 24.9 Å². The number of ether oxygens (including phenoxy) is 3. The molecule has 0 aromatic heterocycles. The lowest BCUT2D eigenvalue weighted by molar-refractivity contribution is -0.121. The largest absolute Gasteiger partial charge is 0.490 e. The highest BCUT2D eigenvalue weighted by atomic mass is 35.5. The molecule has 0 atom stereocenters. The highest BCUT2D eigenvalue weighted by molar-refractivity contribution is 6.32. The van der Waals surface area contributed by atoms with Crippen LogP contribution in [0, 0.1) is 0 Å². The van der Waals surface area contributed by atoms with Gasteiger partial charge in [-0.15, -0.1) is 0 Å². The summed E-state index contributed by atoms with van der Waals surface area (Å²) in [6.45, 7) is 4.26. The van der Waals surface area contributed by atoms with Crippen molar-refractivity contribution in [3.05, 3.63) is 22.7 Å². The number of nitrogens with two attached hydrogens (primary N) is 1. The highest BCUT2D eigenvalue weighted by Gasteiger charge is 2.17. The van der Waals surface area contributed by atoms with Crippen molar-refractivity contribution < 1.29 is 23.8 Å². The molecular weight excluding hydrogens is 310 g/mol. The van der Waals surface area contributed by atoms with Crippen molar-refractivity contribution >= 4 is 23.5 Å². The van der Waals surface area contributed by atoms with Gasteiger partial charge >= 0.3 is 5.97 Å². The Kier molecular flexibility index (Phi) is 7.52. The molecule has 1 amide bonds. The summed E-state index contributed by atoms with van der Waals surface area (Å²) in [5, 5.41) is 0.244. The number of hydrogen-bond acceptors (Lipinski definition) is 5. The molecule has 0 aliphatic rings. The van der Waals surface area contributed by atoms with E-state index in [1.807, 2.05) is 13.8 Å². The average molecular weight is 330 g/mol. The van der Waals surface area contributed by atoms with Crippen molar-refractivity contribution in [2.24, 2.45) is 5.73 Å². The number of benzene rings is 1. The minimum atomic E-state index is -0.732. The van der Waals surface area contributed by atoms with Crippen LogP contribution in [0.3, 0.4) is 0 Å². The van der Waals surface area contributed by atoms with Gasteiger partial charge in [0.25, 0.3) is 5.91 Å². The number of halogens is 1. The van der Waals surface area contributed by atoms with Crippen LogP contribution in [0.5, 0.6) is 11.5 Å². The second-order valence-corrected chi connectivity index (χ2v) is 4.87. The highest BCUT2D eigenvalue weighted by Crippen LogP contribution is 2.37. The predicted molar refractivity (Wildman–Crippen MR) is 82.5 cm³/mol. The van der Waals surface area contributed by atoms with Crippen LogP contribution < -0.4 is 15.2 Å². The summed E-state index contributed by atoms with van der Waals surface area (Å²) in [5.41, 5.74) is 5.10. The number of carbonyl (C=O) groups excluding carboxylic acids is 2. The Bertz CT molecular complexity index is 533. The van der Waals surface area contributed by atoms with E-state index in [0.717, 1.165) is 12.8 Å². The molecule has 0 aliphatic carbocycles. The van der Waals surface area contributed by atoms with E-state index < -0.39 is 18.5 Å². The molecule has 0 unspecified atom stereocenters. The second kappa shape index (κ2) is 9.15. The van der Waals surface area contributed by atoms with Gasteiger partial charge in [0.15, 0.2) is 18.1 Å². The maximum absolute atomic E-state index is 11.8. The molecule has 0 saturated heterocycles. The fraction of sp³-hybridized carbons (Fsp3) is 0.467. The molecule has 1 rings (SSSR count). The van der Waals surface area contributed by atoms with E-state index in [1.165, 1.54) is 12.1 Å². The quantitative estimate of drug-likeness (QED) is 0.555. The summed E-state index contributed by atoms with van der Waals surface area (Å²) in [4.78, 5) is 22.5.